The zero-order valence-electron chi connectivity index (χ0n) is 13.9. The van der Waals surface area contributed by atoms with Gasteiger partial charge in [-0.25, -0.2) is 4.79 Å². The predicted octanol–water partition coefficient (Wildman–Crippen LogP) is -0.844. The summed E-state index contributed by atoms with van der Waals surface area (Å²) in [5.41, 5.74) is 0. The summed E-state index contributed by atoms with van der Waals surface area (Å²) in [5.74, 6) is -3.56. The van der Waals surface area contributed by atoms with Gasteiger partial charge in [0.1, 0.15) is 12.7 Å². The molecule has 136 valence electrons. The standard InChI is InChI=1S/C15H23NO8/c1-8(2)13(19)24-12-9(3)23-15(21)11(16-7-18)6-22-14(20)10(12)4-5-17/h7-12,17H,4-6H2,1-3H3,(H,16,18)/t9?,10?,11-,12-/m0/s1. The van der Waals surface area contributed by atoms with Crippen molar-refractivity contribution < 1.29 is 38.5 Å². The Balaban J connectivity index is 3.09. The van der Waals surface area contributed by atoms with E-state index in [2.05, 4.69) is 5.32 Å². The largest absolute Gasteiger partial charge is 0.463 e. The van der Waals surface area contributed by atoms with Gasteiger partial charge in [0, 0.05) is 6.61 Å². The van der Waals surface area contributed by atoms with Crippen molar-refractivity contribution in [3.05, 3.63) is 0 Å². The lowest BCUT2D eigenvalue weighted by Gasteiger charge is -2.29. The highest BCUT2D eigenvalue weighted by Crippen LogP contribution is 2.23. The molecule has 1 saturated heterocycles. The maximum atomic E-state index is 12.3. The lowest BCUT2D eigenvalue weighted by molar-refractivity contribution is -0.177. The monoisotopic (exact) mass is 345 g/mol. The van der Waals surface area contributed by atoms with Gasteiger partial charge in [0.25, 0.3) is 0 Å². The third kappa shape index (κ3) is 5.19. The summed E-state index contributed by atoms with van der Waals surface area (Å²) in [6.45, 7) is 3.97. The van der Waals surface area contributed by atoms with Crippen molar-refractivity contribution in [3.8, 4) is 0 Å². The number of hydrogen-bond donors (Lipinski definition) is 2. The molecule has 9 nitrogen and oxygen atoms in total. The lowest BCUT2D eigenvalue weighted by atomic mass is 9.95. The Morgan fingerprint density at radius 3 is 2.62 bits per heavy atom. The number of ether oxygens (including phenoxy) is 3. The molecule has 0 aromatic rings. The van der Waals surface area contributed by atoms with Gasteiger partial charge < -0.3 is 24.6 Å². The summed E-state index contributed by atoms with van der Waals surface area (Å²) in [6, 6.07) is -1.15. The fourth-order valence-corrected chi connectivity index (χ4v) is 2.20. The molecule has 1 aliphatic rings. The molecule has 1 fully saturated rings. The first-order valence-corrected chi connectivity index (χ1v) is 7.70. The Bertz CT molecular complexity index is 478. The van der Waals surface area contributed by atoms with E-state index in [4.69, 9.17) is 14.2 Å². The molecule has 0 spiro atoms. The van der Waals surface area contributed by atoms with Gasteiger partial charge in [-0.05, 0) is 13.3 Å². The third-order valence-electron chi connectivity index (χ3n) is 3.57. The fourth-order valence-electron chi connectivity index (χ4n) is 2.20. The molecule has 9 heteroatoms. The van der Waals surface area contributed by atoms with Crippen LogP contribution in [0.15, 0.2) is 0 Å². The number of carbonyl (C=O) groups excluding carboxylic acids is 4. The molecule has 24 heavy (non-hydrogen) atoms. The molecule has 1 amide bonds. The van der Waals surface area contributed by atoms with Crippen LogP contribution in [-0.2, 0) is 33.4 Å². The minimum Gasteiger partial charge on any atom is -0.463 e. The van der Waals surface area contributed by atoms with E-state index in [0.717, 1.165) is 0 Å². The molecule has 4 atom stereocenters. The van der Waals surface area contributed by atoms with Crippen LogP contribution in [0.2, 0.25) is 0 Å². The van der Waals surface area contributed by atoms with Crippen LogP contribution in [0.1, 0.15) is 27.2 Å². The van der Waals surface area contributed by atoms with Gasteiger partial charge in [0.15, 0.2) is 12.1 Å². The van der Waals surface area contributed by atoms with Crippen LogP contribution in [0.4, 0.5) is 0 Å². The van der Waals surface area contributed by atoms with E-state index in [-0.39, 0.29) is 13.0 Å². The van der Waals surface area contributed by atoms with Crippen LogP contribution >= 0.6 is 0 Å². The Morgan fingerprint density at radius 1 is 1.42 bits per heavy atom. The number of nitrogens with one attached hydrogen (secondary N) is 1. The van der Waals surface area contributed by atoms with Gasteiger partial charge in [0.05, 0.1) is 11.8 Å². The lowest BCUT2D eigenvalue weighted by Crippen LogP contribution is -2.44. The molecule has 1 aliphatic heterocycles. The van der Waals surface area contributed by atoms with E-state index in [1.54, 1.807) is 13.8 Å². The first-order chi connectivity index (χ1) is 11.3. The van der Waals surface area contributed by atoms with Crippen LogP contribution in [-0.4, -0.2) is 60.9 Å². The van der Waals surface area contributed by atoms with E-state index in [0.29, 0.717) is 6.41 Å². The molecular weight excluding hydrogens is 322 g/mol. The second kappa shape index (κ2) is 9.21. The van der Waals surface area contributed by atoms with E-state index < -0.39 is 54.6 Å². The summed E-state index contributed by atoms with van der Waals surface area (Å²) in [6.07, 6.45) is -1.79. The average Bonchev–Trinajstić information content (AvgIpc) is 2.56. The van der Waals surface area contributed by atoms with Crippen molar-refractivity contribution in [1.82, 2.24) is 5.32 Å². The predicted molar refractivity (Wildman–Crippen MR) is 79.4 cm³/mol. The molecule has 1 rings (SSSR count). The van der Waals surface area contributed by atoms with E-state index in [1.807, 2.05) is 0 Å². The minimum absolute atomic E-state index is 0.0253. The summed E-state index contributed by atoms with van der Waals surface area (Å²) >= 11 is 0. The molecule has 0 aliphatic carbocycles. The molecule has 0 bridgehead atoms. The molecule has 2 unspecified atom stereocenters. The molecule has 1 heterocycles. The number of amides is 1. The van der Waals surface area contributed by atoms with Crippen molar-refractivity contribution in [2.24, 2.45) is 11.8 Å². The number of esters is 3. The summed E-state index contributed by atoms with van der Waals surface area (Å²) < 4.78 is 15.5. The number of hydrogen-bond acceptors (Lipinski definition) is 8. The molecular formula is C15H23NO8. The van der Waals surface area contributed by atoms with Gasteiger partial charge in [-0.2, -0.15) is 0 Å². The normalized spacial score (nSPS) is 28.0. The van der Waals surface area contributed by atoms with Crippen LogP contribution in [0.5, 0.6) is 0 Å². The Labute approximate surface area is 139 Å². The maximum Gasteiger partial charge on any atom is 0.332 e. The molecule has 2 N–H and O–H groups in total. The Morgan fingerprint density at radius 2 is 2.08 bits per heavy atom. The van der Waals surface area contributed by atoms with Crippen molar-refractivity contribution in [1.29, 1.82) is 0 Å². The van der Waals surface area contributed by atoms with E-state index in [9.17, 15) is 24.3 Å². The van der Waals surface area contributed by atoms with Crippen molar-refractivity contribution in [3.63, 3.8) is 0 Å². The van der Waals surface area contributed by atoms with Crippen molar-refractivity contribution in [2.75, 3.05) is 13.2 Å². The second-order valence-electron chi connectivity index (χ2n) is 5.78. The number of cyclic esters (lactones) is 2. The topological polar surface area (TPSA) is 128 Å². The van der Waals surface area contributed by atoms with Gasteiger partial charge in [-0.15, -0.1) is 0 Å². The molecule has 0 aromatic carbocycles. The van der Waals surface area contributed by atoms with Gasteiger partial charge in [0.2, 0.25) is 6.41 Å². The SMILES string of the molecule is CC(C)C(=O)O[C@H]1C(C)OC(=O)[C@@H](NC=O)COC(=O)C1CCO. The summed E-state index contributed by atoms with van der Waals surface area (Å²) in [7, 11) is 0. The molecule has 0 aromatic heterocycles. The number of aliphatic hydroxyl groups is 1. The summed E-state index contributed by atoms with van der Waals surface area (Å²) in [5, 5.41) is 11.4. The number of aliphatic hydroxyl groups excluding tert-OH is 1. The van der Waals surface area contributed by atoms with Crippen LogP contribution < -0.4 is 5.32 Å². The molecule has 0 radical (unpaired) electrons. The highest BCUT2D eigenvalue weighted by atomic mass is 16.6. The number of carbonyl (C=O) groups is 4. The average molecular weight is 345 g/mol. The Hall–Kier alpha value is -2.16. The number of rotatable bonds is 6. The van der Waals surface area contributed by atoms with Crippen molar-refractivity contribution in [2.45, 2.75) is 45.4 Å². The highest BCUT2D eigenvalue weighted by Gasteiger charge is 2.41. The maximum absolute atomic E-state index is 12.3. The quantitative estimate of drug-likeness (QED) is 0.362. The van der Waals surface area contributed by atoms with Crippen molar-refractivity contribution >= 4 is 24.3 Å². The summed E-state index contributed by atoms with van der Waals surface area (Å²) in [4.78, 5) is 46.8. The van der Waals surface area contributed by atoms with Gasteiger partial charge in [-0.1, -0.05) is 13.8 Å². The zero-order valence-corrected chi connectivity index (χ0v) is 13.9. The smallest absolute Gasteiger partial charge is 0.332 e. The fraction of sp³-hybridized carbons (Fsp3) is 0.733. The van der Waals surface area contributed by atoms with E-state index >= 15 is 0 Å². The minimum atomic E-state index is -1.15. The zero-order chi connectivity index (χ0) is 18.3. The van der Waals surface area contributed by atoms with Gasteiger partial charge in [-0.3, -0.25) is 14.4 Å². The third-order valence-corrected chi connectivity index (χ3v) is 3.57. The van der Waals surface area contributed by atoms with E-state index in [1.165, 1.54) is 6.92 Å². The van der Waals surface area contributed by atoms with Crippen LogP contribution in [0.25, 0.3) is 0 Å². The van der Waals surface area contributed by atoms with Crippen LogP contribution in [0.3, 0.4) is 0 Å². The van der Waals surface area contributed by atoms with Crippen LogP contribution in [0, 0.1) is 11.8 Å². The first-order valence-electron chi connectivity index (χ1n) is 7.70. The highest BCUT2D eigenvalue weighted by molar-refractivity contribution is 5.81. The second-order valence-corrected chi connectivity index (χ2v) is 5.78. The molecule has 0 saturated carbocycles. The van der Waals surface area contributed by atoms with Gasteiger partial charge >= 0.3 is 17.9 Å². The first kappa shape index (κ1) is 19.9. The Kier molecular flexibility index (Phi) is 7.63.